The molecule has 0 atom stereocenters. The van der Waals surface area contributed by atoms with E-state index in [1.165, 1.54) is 30.0 Å². The largest absolute Gasteiger partial charge is 0.497 e. The Labute approximate surface area is 132 Å². The first-order valence-electron chi connectivity index (χ1n) is 6.77. The molecular formula is C16H16N2O5. The number of benzene rings is 1. The zero-order chi connectivity index (χ0) is 16.8. The first-order chi connectivity index (χ1) is 11.0. The van der Waals surface area contributed by atoms with Crippen molar-refractivity contribution < 1.29 is 19.1 Å². The van der Waals surface area contributed by atoms with E-state index in [2.05, 4.69) is 10.1 Å². The van der Waals surface area contributed by atoms with Gasteiger partial charge in [0.1, 0.15) is 12.3 Å². The van der Waals surface area contributed by atoms with Crippen molar-refractivity contribution in [1.29, 1.82) is 0 Å². The maximum absolute atomic E-state index is 12.0. The smallest absolute Gasteiger partial charge is 0.325 e. The lowest BCUT2D eigenvalue weighted by Gasteiger charge is -2.09. The molecule has 7 nitrogen and oxygen atoms in total. The first-order valence-corrected chi connectivity index (χ1v) is 6.77. The summed E-state index contributed by atoms with van der Waals surface area (Å²) in [5, 5.41) is 2.42. The molecule has 23 heavy (non-hydrogen) atoms. The molecule has 2 rings (SSSR count). The molecule has 1 amide bonds. The Kier molecular flexibility index (Phi) is 5.14. The molecule has 0 fully saturated rings. The zero-order valence-corrected chi connectivity index (χ0v) is 12.7. The Morgan fingerprint density at radius 2 is 1.78 bits per heavy atom. The molecule has 7 heteroatoms. The van der Waals surface area contributed by atoms with Gasteiger partial charge in [0, 0.05) is 18.0 Å². The summed E-state index contributed by atoms with van der Waals surface area (Å²) in [6.45, 7) is -0.239. The molecule has 0 spiro atoms. The molecule has 120 valence electrons. The number of hydrogen-bond donors (Lipinski definition) is 1. The highest BCUT2D eigenvalue weighted by Crippen LogP contribution is 2.14. The molecule has 1 heterocycles. The molecule has 1 aromatic carbocycles. The van der Waals surface area contributed by atoms with Crippen molar-refractivity contribution >= 4 is 11.9 Å². The molecule has 0 bridgehead atoms. The van der Waals surface area contributed by atoms with Crippen molar-refractivity contribution in [3.63, 3.8) is 0 Å². The Hall–Kier alpha value is -3.09. The molecule has 0 aliphatic heterocycles. The van der Waals surface area contributed by atoms with Crippen molar-refractivity contribution in [2.24, 2.45) is 0 Å². The van der Waals surface area contributed by atoms with Crippen LogP contribution in [0.2, 0.25) is 0 Å². The average Bonchev–Trinajstić information content (AvgIpc) is 2.59. The van der Waals surface area contributed by atoms with E-state index in [4.69, 9.17) is 4.74 Å². The number of carbonyl (C=O) groups is 2. The molecule has 2 aromatic rings. The highest BCUT2D eigenvalue weighted by atomic mass is 16.5. The second-order valence-corrected chi connectivity index (χ2v) is 4.58. The van der Waals surface area contributed by atoms with E-state index in [0.29, 0.717) is 11.4 Å². The van der Waals surface area contributed by atoms with Crippen molar-refractivity contribution in [1.82, 2.24) is 9.88 Å². The van der Waals surface area contributed by atoms with Crippen molar-refractivity contribution in [3.05, 3.63) is 58.5 Å². The number of pyridine rings is 1. The molecular weight excluding hydrogens is 300 g/mol. The van der Waals surface area contributed by atoms with Crippen LogP contribution in [0.4, 0.5) is 0 Å². The maximum Gasteiger partial charge on any atom is 0.325 e. The van der Waals surface area contributed by atoms with Crippen LogP contribution in [-0.2, 0) is 9.53 Å². The van der Waals surface area contributed by atoms with Gasteiger partial charge in [0.15, 0.2) is 0 Å². The summed E-state index contributed by atoms with van der Waals surface area (Å²) < 4.78 is 10.9. The van der Waals surface area contributed by atoms with E-state index in [1.54, 1.807) is 31.4 Å². The highest BCUT2D eigenvalue weighted by molar-refractivity contribution is 5.95. The molecule has 0 radical (unpaired) electrons. The summed E-state index contributed by atoms with van der Waals surface area (Å²) in [5.74, 6) is -0.367. The molecule has 0 saturated heterocycles. The van der Waals surface area contributed by atoms with E-state index in [-0.39, 0.29) is 17.7 Å². The van der Waals surface area contributed by atoms with Crippen LogP contribution < -0.4 is 15.6 Å². The lowest BCUT2D eigenvalue weighted by Crippen LogP contribution is -2.31. The second-order valence-electron chi connectivity index (χ2n) is 4.58. The minimum absolute atomic E-state index is 0.239. The summed E-state index contributed by atoms with van der Waals surface area (Å²) in [6, 6.07) is 9.52. The minimum Gasteiger partial charge on any atom is -0.497 e. The van der Waals surface area contributed by atoms with Gasteiger partial charge in [0.25, 0.3) is 11.5 Å². The van der Waals surface area contributed by atoms with E-state index in [0.717, 1.165) is 0 Å². The van der Waals surface area contributed by atoms with Crippen LogP contribution in [-0.4, -0.2) is 37.2 Å². The van der Waals surface area contributed by atoms with Crippen LogP contribution in [0, 0.1) is 0 Å². The number of ether oxygens (including phenoxy) is 2. The zero-order valence-electron chi connectivity index (χ0n) is 12.7. The summed E-state index contributed by atoms with van der Waals surface area (Å²) in [6.07, 6.45) is 1.41. The van der Waals surface area contributed by atoms with Crippen LogP contribution in [0.15, 0.2) is 47.4 Å². The van der Waals surface area contributed by atoms with Gasteiger partial charge in [0.05, 0.1) is 19.8 Å². The lowest BCUT2D eigenvalue weighted by molar-refractivity contribution is -0.139. The number of hydrogen-bond acceptors (Lipinski definition) is 5. The fourth-order valence-electron chi connectivity index (χ4n) is 1.89. The van der Waals surface area contributed by atoms with E-state index >= 15 is 0 Å². The minimum atomic E-state index is -0.554. The van der Waals surface area contributed by atoms with Gasteiger partial charge >= 0.3 is 5.97 Å². The van der Waals surface area contributed by atoms with E-state index in [9.17, 15) is 14.4 Å². The van der Waals surface area contributed by atoms with Gasteiger partial charge in [-0.3, -0.25) is 19.0 Å². The summed E-state index contributed by atoms with van der Waals surface area (Å²) in [5.41, 5.74) is 0.572. The maximum atomic E-state index is 12.0. The Morgan fingerprint density at radius 3 is 2.39 bits per heavy atom. The predicted octanol–water partition coefficient (Wildman–Crippen LogP) is 0.749. The summed E-state index contributed by atoms with van der Waals surface area (Å²) in [7, 11) is 2.78. The number of aromatic nitrogens is 1. The van der Waals surface area contributed by atoms with Crippen LogP contribution in [0.25, 0.3) is 5.69 Å². The highest BCUT2D eigenvalue weighted by Gasteiger charge is 2.10. The van der Waals surface area contributed by atoms with Gasteiger partial charge in [-0.25, -0.2) is 0 Å². The third kappa shape index (κ3) is 3.97. The topological polar surface area (TPSA) is 86.6 Å². The number of methoxy groups -OCH3 is 2. The fourth-order valence-corrected chi connectivity index (χ4v) is 1.89. The van der Waals surface area contributed by atoms with E-state index in [1.807, 2.05) is 0 Å². The third-order valence-electron chi connectivity index (χ3n) is 3.14. The lowest BCUT2D eigenvalue weighted by atomic mass is 10.2. The molecule has 1 N–H and O–H groups in total. The number of rotatable bonds is 5. The SMILES string of the molecule is COC(=O)CNC(=O)c1ccc(=O)n(-c2ccc(OC)cc2)c1. The molecule has 0 saturated carbocycles. The standard InChI is InChI=1S/C16H16N2O5/c1-22-13-6-4-12(5-7-13)18-10-11(3-8-14(18)19)16(21)17-9-15(20)23-2/h3-8,10H,9H2,1-2H3,(H,17,21). The molecule has 0 unspecified atom stereocenters. The van der Waals surface area contributed by atoms with Gasteiger partial charge in [-0.1, -0.05) is 0 Å². The van der Waals surface area contributed by atoms with Crippen LogP contribution >= 0.6 is 0 Å². The van der Waals surface area contributed by atoms with Crippen LogP contribution in [0.3, 0.4) is 0 Å². The average molecular weight is 316 g/mol. The normalized spacial score (nSPS) is 10.0. The monoisotopic (exact) mass is 316 g/mol. The number of nitrogens with one attached hydrogen (secondary N) is 1. The van der Waals surface area contributed by atoms with Gasteiger partial charge < -0.3 is 14.8 Å². The van der Waals surface area contributed by atoms with Crippen LogP contribution in [0.5, 0.6) is 5.75 Å². The summed E-state index contributed by atoms with van der Waals surface area (Å²) in [4.78, 5) is 35.0. The first kappa shape index (κ1) is 16.3. The number of amides is 1. The third-order valence-corrected chi connectivity index (χ3v) is 3.14. The molecule has 1 aromatic heterocycles. The Morgan fingerprint density at radius 1 is 1.09 bits per heavy atom. The summed E-state index contributed by atoms with van der Waals surface area (Å²) >= 11 is 0. The predicted molar refractivity (Wildman–Crippen MR) is 82.9 cm³/mol. The quantitative estimate of drug-likeness (QED) is 0.823. The van der Waals surface area contributed by atoms with Gasteiger partial charge in [-0.2, -0.15) is 0 Å². The van der Waals surface area contributed by atoms with Crippen molar-refractivity contribution in [2.45, 2.75) is 0 Å². The number of nitrogens with zero attached hydrogens (tertiary/aromatic N) is 1. The second kappa shape index (κ2) is 7.26. The van der Waals surface area contributed by atoms with Crippen molar-refractivity contribution in [2.75, 3.05) is 20.8 Å². The van der Waals surface area contributed by atoms with Gasteiger partial charge in [-0.05, 0) is 30.3 Å². The molecule has 0 aliphatic rings. The van der Waals surface area contributed by atoms with Crippen LogP contribution in [0.1, 0.15) is 10.4 Å². The Bertz CT molecular complexity index is 765. The van der Waals surface area contributed by atoms with Gasteiger partial charge in [-0.15, -0.1) is 0 Å². The molecule has 0 aliphatic carbocycles. The fraction of sp³-hybridized carbons (Fsp3) is 0.188. The van der Waals surface area contributed by atoms with Gasteiger partial charge in [0.2, 0.25) is 0 Å². The number of esters is 1. The van der Waals surface area contributed by atoms with Crippen molar-refractivity contribution in [3.8, 4) is 11.4 Å². The number of carbonyl (C=O) groups excluding carboxylic acids is 2. The Balaban J connectivity index is 2.26. The van der Waals surface area contributed by atoms with E-state index < -0.39 is 11.9 Å².